The van der Waals surface area contributed by atoms with E-state index in [2.05, 4.69) is 5.32 Å². The summed E-state index contributed by atoms with van der Waals surface area (Å²) in [6.07, 6.45) is 6.12. The molecular weight excluding hydrogens is 284 g/mol. The van der Waals surface area contributed by atoms with Gasteiger partial charge in [0.1, 0.15) is 5.82 Å². The minimum atomic E-state index is -0.247. The van der Waals surface area contributed by atoms with E-state index < -0.39 is 0 Å². The van der Waals surface area contributed by atoms with Crippen LogP contribution in [0.1, 0.15) is 37.7 Å². The zero-order valence-corrected chi connectivity index (χ0v) is 12.5. The molecule has 1 aromatic carbocycles. The van der Waals surface area contributed by atoms with E-state index in [9.17, 15) is 4.39 Å². The van der Waals surface area contributed by atoms with E-state index in [0.717, 1.165) is 19.4 Å². The second-order valence-corrected chi connectivity index (χ2v) is 6.17. The van der Waals surface area contributed by atoms with Gasteiger partial charge in [0.2, 0.25) is 0 Å². The van der Waals surface area contributed by atoms with E-state index >= 15 is 0 Å². The molecule has 0 aliphatic heterocycles. The van der Waals surface area contributed by atoms with Crippen LogP contribution in [0.15, 0.2) is 18.2 Å². The highest BCUT2D eigenvalue weighted by Crippen LogP contribution is 2.36. The SMILES string of the molecule is Fc1cccc(Cl)c1CNCC1(CCl)CCCCC1. The molecule has 2 rings (SSSR count). The lowest BCUT2D eigenvalue weighted by molar-refractivity contribution is 0.212. The second-order valence-electron chi connectivity index (χ2n) is 5.50. The first-order valence-electron chi connectivity index (χ1n) is 6.86. The molecule has 1 aliphatic rings. The maximum absolute atomic E-state index is 13.6. The van der Waals surface area contributed by atoms with Crippen LogP contribution in [-0.4, -0.2) is 12.4 Å². The van der Waals surface area contributed by atoms with Crippen LogP contribution >= 0.6 is 23.2 Å². The summed E-state index contributed by atoms with van der Waals surface area (Å²) < 4.78 is 13.6. The second kappa shape index (κ2) is 6.92. The normalized spacial score (nSPS) is 18.5. The molecule has 0 saturated heterocycles. The lowest BCUT2D eigenvalue weighted by Gasteiger charge is -2.35. The highest BCUT2D eigenvalue weighted by atomic mass is 35.5. The van der Waals surface area contributed by atoms with Crippen molar-refractivity contribution in [1.82, 2.24) is 5.32 Å². The van der Waals surface area contributed by atoms with Crippen molar-refractivity contribution in [2.45, 2.75) is 38.6 Å². The zero-order valence-electron chi connectivity index (χ0n) is 11.0. The summed E-state index contributed by atoms with van der Waals surface area (Å²) in [6.45, 7) is 1.30. The average molecular weight is 304 g/mol. The fraction of sp³-hybridized carbons (Fsp3) is 0.600. The lowest BCUT2D eigenvalue weighted by Crippen LogP contribution is -2.37. The average Bonchev–Trinajstić information content (AvgIpc) is 2.43. The van der Waals surface area contributed by atoms with E-state index in [0.29, 0.717) is 23.0 Å². The fourth-order valence-electron chi connectivity index (χ4n) is 2.81. The molecule has 0 bridgehead atoms. The first-order chi connectivity index (χ1) is 9.17. The summed E-state index contributed by atoms with van der Waals surface area (Å²) in [5, 5.41) is 3.82. The molecule has 4 heteroatoms. The number of alkyl halides is 1. The van der Waals surface area contributed by atoms with Crippen LogP contribution in [0.5, 0.6) is 0 Å². The number of hydrogen-bond donors (Lipinski definition) is 1. The van der Waals surface area contributed by atoms with Crippen LogP contribution in [0.25, 0.3) is 0 Å². The van der Waals surface area contributed by atoms with Crippen LogP contribution in [0.4, 0.5) is 4.39 Å². The van der Waals surface area contributed by atoms with Crippen molar-refractivity contribution in [3.05, 3.63) is 34.6 Å². The van der Waals surface area contributed by atoms with Crippen LogP contribution in [0, 0.1) is 11.2 Å². The van der Waals surface area contributed by atoms with Crippen molar-refractivity contribution < 1.29 is 4.39 Å². The molecule has 19 heavy (non-hydrogen) atoms. The number of benzene rings is 1. The molecule has 0 unspecified atom stereocenters. The van der Waals surface area contributed by atoms with Gasteiger partial charge in [0, 0.05) is 29.6 Å². The highest BCUT2D eigenvalue weighted by molar-refractivity contribution is 6.31. The van der Waals surface area contributed by atoms with Gasteiger partial charge in [0.15, 0.2) is 0 Å². The van der Waals surface area contributed by atoms with Gasteiger partial charge in [0.05, 0.1) is 0 Å². The van der Waals surface area contributed by atoms with Crippen LogP contribution in [-0.2, 0) is 6.54 Å². The van der Waals surface area contributed by atoms with Gasteiger partial charge >= 0.3 is 0 Å². The molecule has 0 heterocycles. The third-order valence-corrected chi connectivity index (χ3v) is 4.98. The third kappa shape index (κ3) is 3.84. The fourth-order valence-corrected chi connectivity index (χ4v) is 3.40. The third-order valence-electron chi connectivity index (χ3n) is 4.06. The predicted molar refractivity (Wildman–Crippen MR) is 79.4 cm³/mol. The Kier molecular flexibility index (Phi) is 5.49. The molecule has 0 atom stereocenters. The molecular formula is C15H20Cl2FN. The van der Waals surface area contributed by atoms with Crippen LogP contribution < -0.4 is 5.32 Å². The Hall–Kier alpha value is -0.310. The van der Waals surface area contributed by atoms with Crippen LogP contribution in [0.2, 0.25) is 5.02 Å². The van der Waals surface area contributed by atoms with Crippen molar-refractivity contribution >= 4 is 23.2 Å². The molecule has 1 aromatic rings. The zero-order chi connectivity index (χ0) is 13.7. The van der Waals surface area contributed by atoms with Gasteiger partial charge in [-0.25, -0.2) is 4.39 Å². The number of halogens is 3. The smallest absolute Gasteiger partial charge is 0.129 e. The number of hydrogen-bond acceptors (Lipinski definition) is 1. The van der Waals surface area contributed by atoms with Gasteiger partial charge < -0.3 is 5.32 Å². The molecule has 1 fully saturated rings. The molecule has 1 nitrogen and oxygen atoms in total. The Morgan fingerprint density at radius 1 is 1.21 bits per heavy atom. The predicted octanol–water partition coefficient (Wildman–Crippen LogP) is 4.76. The molecule has 1 saturated carbocycles. The Morgan fingerprint density at radius 2 is 1.95 bits per heavy atom. The Bertz CT molecular complexity index is 396. The molecule has 106 valence electrons. The largest absolute Gasteiger partial charge is 0.312 e. The summed E-state index contributed by atoms with van der Waals surface area (Å²) in [6, 6.07) is 4.79. The van der Waals surface area contributed by atoms with Gasteiger partial charge in [-0.1, -0.05) is 36.9 Å². The van der Waals surface area contributed by atoms with E-state index in [-0.39, 0.29) is 11.2 Å². The molecule has 0 amide bonds. The summed E-state index contributed by atoms with van der Waals surface area (Å²) in [4.78, 5) is 0. The number of nitrogens with one attached hydrogen (secondary N) is 1. The molecule has 0 radical (unpaired) electrons. The Morgan fingerprint density at radius 3 is 2.58 bits per heavy atom. The summed E-state index contributed by atoms with van der Waals surface area (Å²) in [7, 11) is 0. The van der Waals surface area contributed by atoms with Crippen molar-refractivity contribution in [3.63, 3.8) is 0 Å². The van der Waals surface area contributed by atoms with Crippen molar-refractivity contribution in [3.8, 4) is 0 Å². The molecule has 0 aromatic heterocycles. The van der Waals surface area contributed by atoms with Gasteiger partial charge in [-0.2, -0.15) is 0 Å². The minimum Gasteiger partial charge on any atom is -0.312 e. The molecule has 0 spiro atoms. The van der Waals surface area contributed by atoms with Crippen molar-refractivity contribution in [2.75, 3.05) is 12.4 Å². The van der Waals surface area contributed by atoms with Crippen molar-refractivity contribution in [1.29, 1.82) is 0 Å². The molecule has 1 N–H and O–H groups in total. The standard InChI is InChI=1S/C15H20Cl2FN/c16-10-15(7-2-1-3-8-15)11-19-9-12-13(17)5-4-6-14(12)18/h4-6,19H,1-3,7-11H2. The van der Waals surface area contributed by atoms with E-state index in [1.54, 1.807) is 12.1 Å². The summed E-state index contributed by atoms with van der Waals surface area (Å²) in [5.74, 6) is 0.425. The topological polar surface area (TPSA) is 12.0 Å². The van der Waals surface area contributed by atoms with Gasteiger partial charge in [0.25, 0.3) is 0 Å². The van der Waals surface area contributed by atoms with E-state index in [4.69, 9.17) is 23.2 Å². The first-order valence-corrected chi connectivity index (χ1v) is 7.78. The van der Waals surface area contributed by atoms with Crippen molar-refractivity contribution in [2.24, 2.45) is 5.41 Å². The minimum absolute atomic E-state index is 0.178. The van der Waals surface area contributed by atoms with Gasteiger partial charge in [-0.05, 0) is 30.4 Å². The maximum atomic E-state index is 13.6. The van der Waals surface area contributed by atoms with E-state index in [1.165, 1.54) is 25.3 Å². The Labute approximate surface area is 124 Å². The van der Waals surface area contributed by atoms with Gasteiger partial charge in [-0.3, -0.25) is 0 Å². The quantitative estimate of drug-likeness (QED) is 0.774. The number of rotatable bonds is 5. The Balaban J connectivity index is 1.92. The first kappa shape index (κ1) is 15.1. The van der Waals surface area contributed by atoms with Gasteiger partial charge in [-0.15, -0.1) is 11.6 Å². The monoisotopic (exact) mass is 303 g/mol. The lowest BCUT2D eigenvalue weighted by atomic mass is 9.75. The summed E-state index contributed by atoms with van der Waals surface area (Å²) >= 11 is 12.2. The maximum Gasteiger partial charge on any atom is 0.129 e. The highest BCUT2D eigenvalue weighted by Gasteiger charge is 2.30. The molecule has 1 aliphatic carbocycles. The van der Waals surface area contributed by atoms with Crippen LogP contribution in [0.3, 0.4) is 0 Å². The summed E-state index contributed by atoms with van der Waals surface area (Å²) in [5.41, 5.74) is 0.724. The van der Waals surface area contributed by atoms with E-state index in [1.807, 2.05) is 0 Å².